The predicted octanol–water partition coefficient (Wildman–Crippen LogP) is 3.11. The molecule has 4 heteroatoms. The molecule has 22 heavy (non-hydrogen) atoms. The zero-order valence-corrected chi connectivity index (χ0v) is 13.0. The van der Waals surface area contributed by atoms with Gasteiger partial charge in [-0.2, -0.15) is 0 Å². The normalized spacial score (nSPS) is 13.3. The number of aliphatic hydroxyl groups excluding tert-OH is 1. The molecule has 0 fully saturated rings. The Hall–Kier alpha value is -2.33. The topological polar surface area (TPSA) is 58.6 Å². The van der Waals surface area contributed by atoms with Crippen molar-refractivity contribution in [3.8, 4) is 5.75 Å². The largest absolute Gasteiger partial charge is 0.495 e. The molecule has 0 unspecified atom stereocenters. The van der Waals surface area contributed by atoms with Crippen molar-refractivity contribution >= 4 is 11.6 Å². The summed E-state index contributed by atoms with van der Waals surface area (Å²) < 4.78 is 5.19. The number of amides is 1. The summed E-state index contributed by atoms with van der Waals surface area (Å²) in [4.78, 5) is 12.2. The van der Waals surface area contributed by atoms with Crippen molar-refractivity contribution in [1.29, 1.82) is 0 Å². The molecule has 0 radical (unpaired) electrons. The fraction of sp³-hybridized carbons (Fsp3) is 0.278. The number of benzene rings is 2. The SMILES string of the molecule is COc1ccccc1NC(=O)[C@@H](O)[C@H](C)c1ccc(C)cc1. The van der Waals surface area contributed by atoms with E-state index in [1.807, 2.05) is 44.2 Å². The fourth-order valence-electron chi connectivity index (χ4n) is 2.23. The lowest BCUT2D eigenvalue weighted by atomic mass is 9.94. The van der Waals surface area contributed by atoms with Crippen molar-refractivity contribution in [1.82, 2.24) is 0 Å². The van der Waals surface area contributed by atoms with Crippen LogP contribution in [0.1, 0.15) is 24.0 Å². The van der Waals surface area contributed by atoms with Crippen molar-refractivity contribution in [3.05, 3.63) is 59.7 Å². The Balaban J connectivity index is 2.10. The minimum absolute atomic E-state index is 0.296. The molecule has 0 bridgehead atoms. The Morgan fingerprint density at radius 1 is 1.14 bits per heavy atom. The molecule has 0 saturated heterocycles. The van der Waals surface area contributed by atoms with E-state index in [1.54, 1.807) is 18.2 Å². The van der Waals surface area contributed by atoms with Crippen LogP contribution >= 0.6 is 0 Å². The van der Waals surface area contributed by atoms with Crippen LogP contribution in [-0.4, -0.2) is 24.2 Å². The highest BCUT2D eigenvalue weighted by molar-refractivity contribution is 5.95. The number of rotatable bonds is 5. The summed E-state index contributed by atoms with van der Waals surface area (Å²) in [5.41, 5.74) is 2.61. The molecule has 116 valence electrons. The van der Waals surface area contributed by atoms with Crippen LogP contribution in [-0.2, 0) is 4.79 Å². The van der Waals surface area contributed by atoms with Crippen LogP contribution in [0.25, 0.3) is 0 Å². The molecule has 0 heterocycles. The number of hydrogen-bond donors (Lipinski definition) is 2. The van der Waals surface area contributed by atoms with Gasteiger partial charge in [-0.05, 0) is 24.6 Å². The van der Waals surface area contributed by atoms with Crippen LogP contribution in [0.4, 0.5) is 5.69 Å². The smallest absolute Gasteiger partial charge is 0.253 e. The van der Waals surface area contributed by atoms with Crippen LogP contribution in [0.3, 0.4) is 0 Å². The number of hydrogen-bond acceptors (Lipinski definition) is 3. The minimum Gasteiger partial charge on any atom is -0.495 e. The highest BCUT2D eigenvalue weighted by atomic mass is 16.5. The highest BCUT2D eigenvalue weighted by Crippen LogP contribution is 2.25. The summed E-state index contributed by atoms with van der Waals surface area (Å²) in [5.74, 6) is -0.182. The highest BCUT2D eigenvalue weighted by Gasteiger charge is 2.24. The van der Waals surface area contributed by atoms with Gasteiger partial charge in [0.2, 0.25) is 0 Å². The Morgan fingerprint density at radius 3 is 2.41 bits per heavy atom. The molecular formula is C18H21NO3. The standard InChI is InChI=1S/C18H21NO3/c1-12-8-10-14(11-9-12)13(2)17(20)18(21)19-15-6-4-5-7-16(15)22-3/h4-11,13,17,20H,1-3H3,(H,19,21)/t13-,17+/m1/s1. The fourth-order valence-corrected chi connectivity index (χ4v) is 2.23. The van der Waals surface area contributed by atoms with E-state index in [-0.39, 0.29) is 5.92 Å². The van der Waals surface area contributed by atoms with E-state index in [9.17, 15) is 9.90 Å². The van der Waals surface area contributed by atoms with Crippen LogP contribution in [0.2, 0.25) is 0 Å². The second-order valence-electron chi connectivity index (χ2n) is 5.33. The summed E-state index contributed by atoms with van der Waals surface area (Å²) in [5, 5.41) is 13.0. The number of aryl methyl sites for hydroxylation is 1. The maximum atomic E-state index is 12.2. The van der Waals surface area contributed by atoms with Gasteiger partial charge in [-0.1, -0.05) is 48.9 Å². The average Bonchev–Trinajstić information content (AvgIpc) is 2.54. The van der Waals surface area contributed by atoms with E-state index < -0.39 is 12.0 Å². The monoisotopic (exact) mass is 299 g/mol. The molecule has 2 atom stereocenters. The van der Waals surface area contributed by atoms with Crippen molar-refractivity contribution in [2.24, 2.45) is 0 Å². The maximum absolute atomic E-state index is 12.2. The summed E-state index contributed by atoms with van der Waals surface area (Å²) in [7, 11) is 1.54. The quantitative estimate of drug-likeness (QED) is 0.892. The molecule has 0 spiro atoms. The van der Waals surface area contributed by atoms with Gasteiger partial charge in [-0.3, -0.25) is 4.79 Å². The van der Waals surface area contributed by atoms with E-state index in [0.717, 1.165) is 11.1 Å². The third-order valence-electron chi connectivity index (χ3n) is 3.71. The van der Waals surface area contributed by atoms with E-state index in [4.69, 9.17) is 4.74 Å². The van der Waals surface area contributed by atoms with Crippen LogP contribution in [0, 0.1) is 6.92 Å². The lowest BCUT2D eigenvalue weighted by Crippen LogP contribution is -2.32. The molecule has 1 amide bonds. The summed E-state index contributed by atoms with van der Waals surface area (Å²) in [6.07, 6.45) is -1.13. The lowest BCUT2D eigenvalue weighted by Gasteiger charge is -2.19. The van der Waals surface area contributed by atoms with E-state index in [0.29, 0.717) is 11.4 Å². The molecule has 2 aromatic carbocycles. The number of carbonyl (C=O) groups is 1. The minimum atomic E-state index is -1.13. The van der Waals surface area contributed by atoms with Gasteiger partial charge in [0.25, 0.3) is 5.91 Å². The summed E-state index contributed by atoms with van der Waals surface area (Å²) in [6, 6.07) is 14.9. The Bertz CT molecular complexity index is 637. The second kappa shape index (κ2) is 7.09. The van der Waals surface area contributed by atoms with E-state index in [1.165, 1.54) is 7.11 Å². The van der Waals surface area contributed by atoms with Gasteiger partial charge >= 0.3 is 0 Å². The maximum Gasteiger partial charge on any atom is 0.253 e. The number of nitrogens with one attached hydrogen (secondary N) is 1. The predicted molar refractivity (Wildman–Crippen MR) is 87.2 cm³/mol. The molecule has 2 aromatic rings. The first-order valence-electron chi connectivity index (χ1n) is 7.21. The van der Waals surface area contributed by atoms with Gasteiger partial charge in [-0.15, -0.1) is 0 Å². The van der Waals surface area contributed by atoms with Crippen molar-refractivity contribution < 1.29 is 14.6 Å². The van der Waals surface area contributed by atoms with Crippen molar-refractivity contribution in [2.45, 2.75) is 25.9 Å². The third kappa shape index (κ3) is 3.65. The molecule has 0 aliphatic rings. The Kier molecular flexibility index (Phi) is 5.17. The van der Waals surface area contributed by atoms with Crippen LogP contribution in [0.15, 0.2) is 48.5 Å². The molecular weight excluding hydrogens is 278 g/mol. The number of anilines is 1. The summed E-state index contributed by atoms with van der Waals surface area (Å²) >= 11 is 0. The third-order valence-corrected chi connectivity index (χ3v) is 3.71. The molecule has 0 saturated carbocycles. The molecule has 0 aliphatic heterocycles. The van der Waals surface area contributed by atoms with E-state index in [2.05, 4.69) is 5.32 Å². The summed E-state index contributed by atoms with van der Waals surface area (Å²) in [6.45, 7) is 3.83. The number of carbonyl (C=O) groups excluding carboxylic acids is 1. The van der Waals surface area contributed by atoms with Crippen LogP contribution < -0.4 is 10.1 Å². The van der Waals surface area contributed by atoms with Crippen molar-refractivity contribution in [2.75, 3.05) is 12.4 Å². The Labute approximate surface area is 130 Å². The Morgan fingerprint density at radius 2 is 1.77 bits per heavy atom. The molecule has 4 nitrogen and oxygen atoms in total. The van der Waals surface area contributed by atoms with Gasteiger partial charge in [-0.25, -0.2) is 0 Å². The van der Waals surface area contributed by atoms with Gasteiger partial charge in [0.15, 0.2) is 0 Å². The van der Waals surface area contributed by atoms with Gasteiger partial charge in [0, 0.05) is 5.92 Å². The number of para-hydroxylation sites is 2. The number of ether oxygens (including phenoxy) is 1. The first kappa shape index (κ1) is 16.0. The molecule has 2 rings (SSSR count). The zero-order chi connectivity index (χ0) is 16.1. The molecule has 0 aliphatic carbocycles. The van der Waals surface area contributed by atoms with Gasteiger partial charge in [0.05, 0.1) is 12.8 Å². The second-order valence-corrected chi connectivity index (χ2v) is 5.33. The number of methoxy groups -OCH3 is 1. The van der Waals surface area contributed by atoms with E-state index >= 15 is 0 Å². The van der Waals surface area contributed by atoms with Crippen LogP contribution in [0.5, 0.6) is 5.75 Å². The lowest BCUT2D eigenvalue weighted by molar-refractivity contribution is -0.124. The van der Waals surface area contributed by atoms with Crippen molar-refractivity contribution in [3.63, 3.8) is 0 Å². The number of aliphatic hydroxyl groups is 1. The first-order valence-corrected chi connectivity index (χ1v) is 7.21. The molecule has 2 N–H and O–H groups in total. The van der Waals surface area contributed by atoms with Gasteiger partial charge in [0.1, 0.15) is 11.9 Å². The zero-order valence-electron chi connectivity index (χ0n) is 13.0. The average molecular weight is 299 g/mol. The van der Waals surface area contributed by atoms with Gasteiger partial charge < -0.3 is 15.2 Å². The first-order chi connectivity index (χ1) is 10.5. The molecule has 0 aromatic heterocycles.